The highest BCUT2D eigenvalue weighted by Crippen LogP contribution is 2.47. The summed E-state index contributed by atoms with van der Waals surface area (Å²) >= 11 is 0. The van der Waals surface area contributed by atoms with E-state index in [2.05, 4.69) is 50.1 Å². The molecule has 2 aromatic heterocycles. The number of urea groups is 1. The summed E-state index contributed by atoms with van der Waals surface area (Å²) in [6, 6.07) is 14.1. The van der Waals surface area contributed by atoms with Crippen molar-refractivity contribution in [2.75, 3.05) is 18.1 Å². The van der Waals surface area contributed by atoms with E-state index in [4.69, 9.17) is 4.52 Å². The van der Waals surface area contributed by atoms with E-state index in [9.17, 15) is 13.8 Å². The van der Waals surface area contributed by atoms with Crippen LogP contribution in [-0.4, -0.2) is 65.1 Å². The molecule has 7 rings (SSSR count). The van der Waals surface area contributed by atoms with Gasteiger partial charge < -0.3 is 20.1 Å². The molecule has 2 fully saturated rings. The number of carbonyl (C=O) groups is 2. The average molecular weight is 600 g/mol. The van der Waals surface area contributed by atoms with E-state index in [1.807, 2.05) is 34.0 Å². The third-order valence-electron chi connectivity index (χ3n) is 8.57. The third kappa shape index (κ3) is 5.71. The highest BCUT2D eigenvalue weighted by Gasteiger charge is 2.47. The van der Waals surface area contributed by atoms with E-state index in [0.717, 1.165) is 34.4 Å². The number of benzene rings is 2. The lowest BCUT2D eigenvalue weighted by atomic mass is 9.87. The Morgan fingerprint density at radius 3 is 2.84 bits per heavy atom. The molecule has 1 saturated heterocycles. The lowest BCUT2D eigenvalue weighted by molar-refractivity contribution is -0.122. The first kappa shape index (κ1) is 27.5. The summed E-state index contributed by atoms with van der Waals surface area (Å²) in [6.45, 7) is 3.13. The molecule has 2 aliphatic heterocycles. The Morgan fingerprint density at radius 2 is 2.07 bits per heavy atom. The first-order chi connectivity index (χ1) is 20.9. The molecule has 11 nitrogen and oxygen atoms in total. The molecule has 1 aliphatic carbocycles. The number of hydrogen-bond acceptors (Lipinski definition) is 7. The quantitative estimate of drug-likeness (QED) is 0.333. The van der Waals surface area contributed by atoms with Gasteiger partial charge in [0.2, 0.25) is 11.8 Å². The second-order valence-electron chi connectivity index (χ2n) is 11.5. The van der Waals surface area contributed by atoms with Crippen LogP contribution < -0.4 is 10.6 Å². The van der Waals surface area contributed by atoms with E-state index < -0.39 is 10.8 Å². The zero-order valence-electron chi connectivity index (χ0n) is 23.9. The first-order valence-corrected chi connectivity index (χ1v) is 16.1. The fraction of sp³-hybridized carbons (Fsp3) is 0.387. The van der Waals surface area contributed by atoms with Gasteiger partial charge >= 0.3 is 6.03 Å². The van der Waals surface area contributed by atoms with Gasteiger partial charge in [0, 0.05) is 60.4 Å². The van der Waals surface area contributed by atoms with Crippen LogP contribution >= 0.6 is 0 Å². The van der Waals surface area contributed by atoms with Crippen LogP contribution in [0.2, 0.25) is 0 Å². The van der Waals surface area contributed by atoms with E-state index >= 15 is 0 Å². The van der Waals surface area contributed by atoms with Crippen LogP contribution in [0.5, 0.6) is 0 Å². The van der Waals surface area contributed by atoms with Crippen molar-refractivity contribution in [3.8, 4) is 16.8 Å². The standard InChI is InChI=1S/C31H33N7O4S/c1-19-34-30(42-36-19)27-15-26(27)29(39)32-16-21-6-7-24(20-4-2-5-23(14-20)38-11-3-10-33-38)25-8-12-37(17-28(21)25)31(40)35-22-9-13-43(41)18-22/h2-7,10-11,14,22,26-27H,8-9,12-13,15-18H2,1H3,(H,32,39)(H,35,40). The molecule has 1 saturated carbocycles. The van der Waals surface area contributed by atoms with Crippen molar-refractivity contribution in [3.05, 3.63) is 83.3 Å². The Balaban J connectivity index is 1.14. The molecule has 2 aromatic carbocycles. The summed E-state index contributed by atoms with van der Waals surface area (Å²) < 4.78 is 19.0. The van der Waals surface area contributed by atoms with E-state index in [-0.39, 0.29) is 29.8 Å². The Bertz CT molecular complexity index is 1700. The molecular weight excluding hydrogens is 566 g/mol. The van der Waals surface area contributed by atoms with Gasteiger partial charge in [0.15, 0.2) is 5.82 Å². The number of aromatic nitrogens is 4. The van der Waals surface area contributed by atoms with Crippen molar-refractivity contribution in [3.63, 3.8) is 0 Å². The lowest BCUT2D eigenvalue weighted by Crippen LogP contribution is -2.47. The van der Waals surface area contributed by atoms with Gasteiger partial charge in [-0.1, -0.05) is 29.4 Å². The summed E-state index contributed by atoms with van der Waals surface area (Å²) in [5.74, 6) is 1.97. The summed E-state index contributed by atoms with van der Waals surface area (Å²) in [7, 11) is -0.865. The summed E-state index contributed by atoms with van der Waals surface area (Å²) in [5, 5.41) is 14.4. The average Bonchev–Trinajstić information content (AvgIpc) is 3.33. The van der Waals surface area contributed by atoms with Crippen molar-refractivity contribution < 1.29 is 18.3 Å². The molecule has 43 heavy (non-hydrogen) atoms. The SMILES string of the molecule is Cc1noc(C2CC2C(=O)NCc2ccc(-c3cccc(-n4cccn4)c3)c3c2CN(C(=O)NC2CCS(=O)C2)CC3)n1. The van der Waals surface area contributed by atoms with Crippen LogP contribution in [0.15, 0.2) is 59.4 Å². The minimum Gasteiger partial charge on any atom is -0.352 e. The fourth-order valence-electron chi connectivity index (χ4n) is 6.17. The van der Waals surface area contributed by atoms with Gasteiger partial charge in [0.1, 0.15) is 0 Å². The number of nitrogens with one attached hydrogen (secondary N) is 2. The van der Waals surface area contributed by atoms with Crippen LogP contribution in [-0.2, 0) is 35.1 Å². The highest BCUT2D eigenvalue weighted by molar-refractivity contribution is 7.85. The maximum atomic E-state index is 13.3. The number of rotatable bonds is 7. The van der Waals surface area contributed by atoms with Crippen LogP contribution in [0, 0.1) is 12.8 Å². The summed E-state index contributed by atoms with van der Waals surface area (Å²) in [5.41, 5.74) is 6.37. The van der Waals surface area contributed by atoms with Crippen molar-refractivity contribution in [2.24, 2.45) is 5.92 Å². The predicted molar refractivity (Wildman–Crippen MR) is 160 cm³/mol. The molecule has 4 heterocycles. The van der Waals surface area contributed by atoms with Crippen molar-refractivity contribution in [1.82, 2.24) is 35.5 Å². The fourth-order valence-corrected chi connectivity index (χ4v) is 7.58. The Labute approximate surface area is 251 Å². The third-order valence-corrected chi connectivity index (χ3v) is 10.0. The molecular formula is C31H33N7O4S. The van der Waals surface area contributed by atoms with Gasteiger partial charge in [0.05, 0.1) is 17.5 Å². The normalized spacial score (nSPS) is 22.7. The predicted octanol–water partition coefficient (Wildman–Crippen LogP) is 3.24. The molecule has 0 bridgehead atoms. The van der Waals surface area contributed by atoms with Crippen molar-refractivity contribution in [2.45, 2.75) is 51.2 Å². The van der Waals surface area contributed by atoms with Crippen molar-refractivity contribution in [1.29, 1.82) is 0 Å². The Morgan fingerprint density at radius 1 is 1.16 bits per heavy atom. The molecule has 0 radical (unpaired) electrons. The number of aryl methyl sites for hydroxylation is 1. The topological polar surface area (TPSA) is 135 Å². The van der Waals surface area contributed by atoms with Crippen LogP contribution in [0.25, 0.3) is 16.8 Å². The van der Waals surface area contributed by atoms with Crippen LogP contribution in [0.3, 0.4) is 0 Å². The summed E-state index contributed by atoms with van der Waals surface area (Å²) in [4.78, 5) is 32.4. The number of carbonyl (C=O) groups excluding carboxylic acids is 2. The number of hydrogen-bond donors (Lipinski definition) is 2. The van der Waals surface area contributed by atoms with Gasteiger partial charge in [-0.3, -0.25) is 9.00 Å². The molecule has 3 amide bonds. The second-order valence-corrected chi connectivity index (χ2v) is 13.1. The van der Waals surface area contributed by atoms with Gasteiger partial charge in [0.25, 0.3) is 0 Å². The first-order valence-electron chi connectivity index (χ1n) is 14.7. The lowest BCUT2D eigenvalue weighted by Gasteiger charge is -2.33. The minimum atomic E-state index is -0.865. The molecule has 3 aliphatic rings. The monoisotopic (exact) mass is 599 g/mol. The minimum absolute atomic E-state index is 0.0368. The molecule has 4 unspecified atom stereocenters. The van der Waals surface area contributed by atoms with Gasteiger partial charge in [-0.15, -0.1) is 0 Å². The molecule has 4 aromatic rings. The molecule has 12 heteroatoms. The maximum Gasteiger partial charge on any atom is 0.317 e. The molecule has 222 valence electrons. The zero-order valence-corrected chi connectivity index (χ0v) is 24.7. The van der Waals surface area contributed by atoms with E-state index in [1.54, 1.807) is 13.1 Å². The van der Waals surface area contributed by atoms with Gasteiger partial charge in [-0.2, -0.15) is 10.1 Å². The molecule has 2 N–H and O–H groups in total. The van der Waals surface area contributed by atoms with E-state index in [1.165, 1.54) is 5.56 Å². The molecule has 4 atom stereocenters. The number of amides is 3. The highest BCUT2D eigenvalue weighted by atomic mass is 32.2. The molecule has 0 spiro atoms. The van der Waals surface area contributed by atoms with Gasteiger partial charge in [-0.05, 0) is 72.2 Å². The van der Waals surface area contributed by atoms with Crippen molar-refractivity contribution >= 4 is 22.7 Å². The zero-order chi connectivity index (χ0) is 29.5. The second kappa shape index (κ2) is 11.4. The van der Waals surface area contributed by atoms with E-state index in [0.29, 0.717) is 55.7 Å². The van der Waals surface area contributed by atoms with Crippen LogP contribution in [0.4, 0.5) is 4.79 Å². The van der Waals surface area contributed by atoms with Crippen LogP contribution in [0.1, 0.15) is 47.2 Å². The number of fused-ring (bicyclic) bond motifs is 1. The maximum absolute atomic E-state index is 13.3. The van der Waals surface area contributed by atoms with Gasteiger partial charge in [-0.25, -0.2) is 9.48 Å². The Hall–Kier alpha value is -4.32. The Kier molecular flexibility index (Phi) is 7.29. The summed E-state index contributed by atoms with van der Waals surface area (Å²) in [6.07, 6.45) is 5.79. The largest absolute Gasteiger partial charge is 0.352 e. The smallest absolute Gasteiger partial charge is 0.317 e. The number of nitrogens with zero attached hydrogens (tertiary/aromatic N) is 5.